The number of benzene rings is 1. The summed E-state index contributed by atoms with van der Waals surface area (Å²) in [6, 6.07) is 6.01. The molecule has 0 saturated heterocycles. The summed E-state index contributed by atoms with van der Waals surface area (Å²) in [5.41, 5.74) is 14.1. The third kappa shape index (κ3) is 4.24. The minimum atomic E-state index is -0.597. The summed E-state index contributed by atoms with van der Waals surface area (Å²) in [6.07, 6.45) is 3.15. The van der Waals surface area contributed by atoms with Crippen molar-refractivity contribution in [1.29, 1.82) is 0 Å². The summed E-state index contributed by atoms with van der Waals surface area (Å²) < 4.78 is 0. The van der Waals surface area contributed by atoms with Gasteiger partial charge in [0, 0.05) is 19.6 Å². The lowest BCUT2D eigenvalue weighted by Gasteiger charge is -2.32. The zero-order valence-electron chi connectivity index (χ0n) is 16.7. The van der Waals surface area contributed by atoms with Crippen molar-refractivity contribution in [3.63, 3.8) is 0 Å². The summed E-state index contributed by atoms with van der Waals surface area (Å²) in [6.45, 7) is 7.45. The van der Waals surface area contributed by atoms with Crippen molar-refractivity contribution in [3.8, 4) is 0 Å². The third-order valence-corrected chi connectivity index (χ3v) is 4.66. The Kier molecular flexibility index (Phi) is 6.98. The number of nitrogen functional groups attached to an aromatic ring is 1. The van der Waals surface area contributed by atoms with Gasteiger partial charge >= 0.3 is 0 Å². The van der Waals surface area contributed by atoms with E-state index in [1.165, 1.54) is 5.56 Å². The first-order valence-electron chi connectivity index (χ1n) is 9.60. The highest BCUT2D eigenvalue weighted by molar-refractivity contribution is 5.92. The number of anilines is 2. The molecule has 0 unspecified atom stereocenters. The van der Waals surface area contributed by atoms with E-state index in [-0.39, 0.29) is 17.3 Å². The molecule has 1 heterocycles. The Hall–Kier alpha value is -3.09. The molecule has 0 saturated carbocycles. The molecule has 3 rings (SSSR count). The van der Waals surface area contributed by atoms with Crippen molar-refractivity contribution >= 4 is 17.3 Å². The molecule has 0 atom stereocenters. The Balaban J connectivity index is 0.00000136. The molecule has 28 heavy (non-hydrogen) atoms. The first kappa shape index (κ1) is 21.2. The molecule has 5 N–H and O–H groups in total. The van der Waals surface area contributed by atoms with Crippen LogP contribution in [0.15, 0.2) is 39.6 Å². The van der Waals surface area contributed by atoms with Crippen LogP contribution in [-0.4, -0.2) is 12.5 Å². The first-order valence-corrected chi connectivity index (χ1v) is 9.60. The monoisotopic (exact) mass is 384 g/mol. The van der Waals surface area contributed by atoms with E-state index in [0.717, 1.165) is 17.5 Å². The van der Waals surface area contributed by atoms with Crippen LogP contribution in [0.2, 0.25) is 0 Å². The van der Waals surface area contributed by atoms with Gasteiger partial charge in [-0.05, 0) is 29.5 Å². The molecular formula is C21H28N4O3. The van der Waals surface area contributed by atoms with Crippen LogP contribution in [0.5, 0.6) is 0 Å². The van der Waals surface area contributed by atoms with Crippen LogP contribution in [0.3, 0.4) is 0 Å². The van der Waals surface area contributed by atoms with E-state index in [4.69, 9.17) is 11.5 Å². The van der Waals surface area contributed by atoms with Crippen molar-refractivity contribution in [2.24, 2.45) is 5.73 Å². The normalized spacial score (nSPS) is 13.5. The highest BCUT2D eigenvalue weighted by Crippen LogP contribution is 2.26. The highest BCUT2D eigenvalue weighted by atomic mass is 16.2. The van der Waals surface area contributed by atoms with Crippen molar-refractivity contribution in [1.82, 2.24) is 5.32 Å². The standard InChI is InChI=1S/C19H22N4O3.C2H6/c1-2-3-14(20)19(26)22-9-11-4-5-12-6-7-23(10-13(12)8-11)16-15(21)17(24)18(16)25;1-2/h3-5,8H,2,6-7,9-10,20-21H2,1H3,(H,22,26);1-2H3/b14-3+;. The molecule has 0 aliphatic carbocycles. The minimum absolute atomic E-state index is 0.0556. The zero-order chi connectivity index (χ0) is 20.8. The van der Waals surface area contributed by atoms with E-state index >= 15 is 0 Å². The van der Waals surface area contributed by atoms with Crippen LogP contribution in [0.25, 0.3) is 0 Å². The molecule has 0 radical (unpaired) electrons. The van der Waals surface area contributed by atoms with E-state index in [2.05, 4.69) is 5.32 Å². The van der Waals surface area contributed by atoms with E-state index in [0.29, 0.717) is 31.7 Å². The number of nitrogens with two attached hydrogens (primary N) is 2. The maximum Gasteiger partial charge on any atom is 0.267 e. The first-order chi connectivity index (χ1) is 13.4. The molecular weight excluding hydrogens is 356 g/mol. The lowest BCUT2D eigenvalue weighted by molar-refractivity contribution is -0.117. The van der Waals surface area contributed by atoms with Crippen molar-refractivity contribution < 1.29 is 4.79 Å². The molecule has 150 valence electrons. The average molecular weight is 384 g/mol. The SMILES string of the molecule is CC.CC/C=C(/N)C(=O)NCc1ccc2c(c1)CN(c1c(N)c(=O)c1=O)CC2. The summed E-state index contributed by atoms with van der Waals surface area (Å²) in [4.78, 5) is 36.8. The van der Waals surface area contributed by atoms with Gasteiger partial charge in [-0.3, -0.25) is 14.4 Å². The molecule has 0 spiro atoms. The lowest BCUT2D eigenvalue weighted by Crippen LogP contribution is -2.44. The number of allylic oxidation sites excluding steroid dienone is 1. The fraction of sp³-hybridized carbons (Fsp3) is 0.381. The molecule has 1 amide bonds. The summed E-state index contributed by atoms with van der Waals surface area (Å²) in [5.74, 6) is -0.289. The van der Waals surface area contributed by atoms with E-state index in [9.17, 15) is 14.4 Å². The number of hydrogen-bond donors (Lipinski definition) is 3. The van der Waals surface area contributed by atoms with Gasteiger partial charge in [-0.2, -0.15) is 0 Å². The van der Waals surface area contributed by atoms with E-state index in [1.807, 2.05) is 43.9 Å². The van der Waals surface area contributed by atoms with Crippen molar-refractivity contribution in [3.05, 3.63) is 67.1 Å². The fourth-order valence-corrected chi connectivity index (χ4v) is 3.22. The number of hydrogen-bond acceptors (Lipinski definition) is 6. The second-order valence-electron chi connectivity index (χ2n) is 6.45. The molecule has 0 bridgehead atoms. The van der Waals surface area contributed by atoms with Crippen LogP contribution < -0.4 is 32.5 Å². The van der Waals surface area contributed by atoms with E-state index < -0.39 is 10.9 Å². The summed E-state index contributed by atoms with van der Waals surface area (Å²) in [5, 5.41) is 2.79. The molecule has 2 aromatic carbocycles. The zero-order valence-corrected chi connectivity index (χ0v) is 16.7. The van der Waals surface area contributed by atoms with Gasteiger partial charge in [-0.1, -0.05) is 45.0 Å². The Morgan fingerprint density at radius 1 is 1.21 bits per heavy atom. The molecule has 0 fully saturated rings. The van der Waals surface area contributed by atoms with Crippen LogP contribution >= 0.6 is 0 Å². The second-order valence-corrected chi connectivity index (χ2v) is 6.45. The molecule has 1 aliphatic heterocycles. The maximum absolute atomic E-state index is 11.9. The fourth-order valence-electron chi connectivity index (χ4n) is 3.22. The van der Waals surface area contributed by atoms with Gasteiger partial charge in [0.15, 0.2) is 0 Å². The van der Waals surface area contributed by atoms with Gasteiger partial charge in [0.05, 0.1) is 5.70 Å². The maximum atomic E-state index is 11.9. The van der Waals surface area contributed by atoms with Crippen LogP contribution in [0.1, 0.15) is 43.9 Å². The quantitative estimate of drug-likeness (QED) is 0.528. The highest BCUT2D eigenvalue weighted by Gasteiger charge is 2.26. The summed E-state index contributed by atoms with van der Waals surface area (Å²) >= 11 is 0. The number of amides is 1. The van der Waals surface area contributed by atoms with Gasteiger partial charge in [0.1, 0.15) is 11.4 Å². The van der Waals surface area contributed by atoms with Crippen molar-refractivity contribution in [2.45, 2.75) is 46.7 Å². The Bertz CT molecular complexity index is 955. The number of nitrogens with one attached hydrogen (secondary N) is 1. The molecule has 7 heteroatoms. The topological polar surface area (TPSA) is 119 Å². The van der Waals surface area contributed by atoms with Crippen molar-refractivity contribution in [2.75, 3.05) is 17.2 Å². The Morgan fingerprint density at radius 2 is 1.93 bits per heavy atom. The number of carbonyl (C=O) groups excluding carboxylic acids is 1. The minimum Gasteiger partial charge on any atom is -0.395 e. The van der Waals surface area contributed by atoms with Gasteiger partial charge in [0.2, 0.25) is 0 Å². The number of rotatable bonds is 5. The second kappa shape index (κ2) is 9.21. The van der Waals surface area contributed by atoms with Crippen LogP contribution in [0, 0.1) is 0 Å². The third-order valence-electron chi connectivity index (χ3n) is 4.66. The molecule has 2 aromatic rings. The van der Waals surface area contributed by atoms with Gasteiger partial charge in [-0.25, -0.2) is 0 Å². The molecule has 7 nitrogen and oxygen atoms in total. The average Bonchev–Trinajstić information content (AvgIpc) is 2.73. The number of nitrogens with zero attached hydrogens (tertiary/aromatic N) is 1. The molecule has 1 aliphatic rings. The molecule has 0 aromatic heterocycles. The van der Waals surface area contributed by atoms with Gasteiger partial charge in [0.25, 0.3) is 16.8 Å². The number of carbonyl (C=O) groups is 1. The predicted molar refractivity (Wildman–Crippen MR) is 113 cm³/mol. The Labute approximate surface area is 164 Å². The van der Waals surface area contributed by atoms with E-state index in [1.54, 1.807) is 6.08 Å². The smallest absolute Gasteiger partial charge is 0.267 e. The largest absolute Gasteiger partial charge is 0.395 e. The summed E-state index contributed by atoms with van der Waals surface area (Å²) in [7, 11) is 0. The number of fused-ring (bicyclic) bond motifs is 1. The Morgan fingerprint density at radius 3 is 2.57 bits per heavy atom. The van der Waals surface area contributed by atoms with Gasteiger partial charge < -0.3 is 21.7 Å². The predicted octanol–water partition coefficient (Wildman–Crippen LogP) is 1.32. The van der Waals surface area contributed by atoms with Crippen LogP contribution in [0.4, 0.5) is 11.4 Å². The van der Waals surface area contributed by atoms with Gasteiger partial charge in [-0.15, -0.1) is 0 Å². The van der Waals surface area contributed by atoms with Crippen LogP contribution in [-0.2, 0) is 24.3 Å². The lowest BCUT2D eigenvalue weighted by atomic mass is 9.96.